The molecular weight excluding hydrogens is 238 g/mol. The summed E-state index contributed by atoms with van der Waals surface area (Å²) in [6.07, 6.45) is 5.27. The number of benzene rings is 1. The van der Waals surface area contributed by atoms with Crippen LogP contribution in [0.5, 0.6) is 5.75 Å². The van der Waals surface area contributed by atoms with E-state index >= 15 is 0 Å². The molecule has 1 N–H and O–H groups in total. The molecule has 0 aromatic heterocycles. The van der Waals surface area contributed by atoms with E-state index < -0.39 is 0 Å². The lowest BCUT2D eigenvalue weighted by atomic mass is 9.89. The number of nitrogens with one attached hydrogen (secondary N) is 1. The van der Waals surface area contributed by atoms with Crippen LogP contribution in [-0.2, 0) is 4.74 Å². The second-order valence-corrected chi connectivity index (χ2v) is 5.63. The zero-order valence-electron chi connectivity index (χ0n) is 11.6. The Balaban J connectivity index is 1.73. The molecule has 1 aromatic rings. The Hall–Kier alpha value is -1.06. The molecule has 0 bridgehead atoms. The second kappa shape index (κ2) is 5.93. The van der Waals surface area contributed by atoms with Gasteiger partial charge in [0.05, 0.1) is 12.7 Å². The fourth-order valence-electron chi connectivity index (χ4n) is 2.86. The Labute approximate surface area is 115 Å². The van der Waals surface area contributed by atoms with Crippen LogP contribution in [0.3, 0.4) is 0 Å². The maximum absolute atomic E-state index is 5.89. The molecular formula is C16H23NO2. The third-order valence-corrected chi connectivity index (χ3v) is 4.02. The van der Waals surface area contributed by atoms with Crippen molar-refractivity contribution in [2.75, 3.05) is 20.3 Å². The highest BCUT2D eigenvalue weighted by molar-refractivity contribution is 5.31. The molecule has 1 aromatic carbocycles. The fraction of sp³-hybridized carbons (Fsp3) is 0.625. The van der Waals surface area contributed by atoms with E-state index in [0.717, 1.165) is 19.0 Å². The van der Waals surface area contributed by atoms with Crippen molar-refractivity contribution in [2.24, 2.45) is 5.92 Å². The largest absolute Gasteiger partial charge is 0.490 e. The Kier molecular flexibility index (Phi) is 4.04. The van der Waals surface area contributed by atoms with Crippen molar-refractivity contribution >= 4 is 0 Å². The van der Waals surface area contributed by atoms with Crippen LogP contribution in [0.15, 0.2) is 24.3 Å². The van der Waals surface area contributed by atoms with Gasteiger partial charge >= 0.3 is 0 Å². The molecule has 1 aliphatic carbocycles. The van der Waals surface area contributed by atoms with Crippen LogP contribution in [-0.4, -0.2) is 26.4 Å². The number of hydrogen-bond donors (Lipinski definition) is 1. The lowest BCUT2D eigenvalue weighted by Crippen LogP contribution is -2.31. The molecule has 2 aliphatic rings. The first-order valence-corrected chi connectivity index (χ1v) is 7.38. The van der Waals surface area contributed by atoms with E-state index in [1.165, 1.54) is 31.2 Å². The number of rotatable bonds is 5. The Bertz CT molecular complexity index is 411. The average Bonchev–Trinajstić information content (AvgIpc) is 3.25. The summed E-state index contributed by atoms with van der Waals surface area (Å²) >= 11 is 0. The second-order valence-electron chi connectivity index (χ2n) is 5.63. The lowest BCUT2D eigenvalue weighted by molar-refractivity contribution is 0.0401. The molecule has 2 fully saturated rings. The SMILES string of the molecule is CNC(c1cccc(OC2CC2)c1)C1CCCOC1. The summed E-state index contributed by atoms with van der Waals surface area (Å²) in [5, 5.41) is 3.45. The number of hydrogen-bond acceptors (Lipinski definition) is 3. The predicted molar refractivity (Wildman–Crippen MR) is 75.4 cm³/mol. The van der Waals surface area contributed by atoms with Gasteiger partial charge in [0.25, 0.3) is 0 Å². The van der Waals surface area contributed by atoms with Crippen LogP contribution in [0.1, 0.15) is 37.3 Å². The predicted octanol–water partition coefficient (Wildman–Crippen LogP) is 2.91. The topological polar surface area (TPSA) is 30.5 Å². The van der Waals surface area contributed by atoms with Crippen LogP contribution in [0.25, 0.3) is 0 Å². The van der Waals surface area contributed by atoms with Crippen LogP contribution in [0.2, 0.25) is 0 Å². The minimum atomic E-state index is 0.364. The summed E-state index contributed by atoms with van der Waals surface area (Å²) in [6.45, 7) is 1.77. The molecule has 3 heteroatoms. The van der Waals surface area contributed by atoms with E-state index in [1.54, 1.807) is 0 Å². The van der Waals surface area contributed by atoms with Crippen molar-refractivity contribution < 1.29 is 9.47 Å². The van der Waals surface area contributed by atoms with Gasteiger partial charge in [0, 0.05) is 18.6 Å². The summed E-state index contributed by atoms with van der Waals surface area (Å²) in [5.74, 6) is 1.58. The molecule has 1 saturated carbocycles. The standard InChI is InChI=1S/C16H23NO2/c1-17-16(13-5-3-9-18-11-13)12-4-2-6-15(10-12)19-14-7-8-14/h2,4,6,10,13-14,16-17H,3,5,7-9,11H2,1H3. The molecule has 3 rings (SSSR count). The first kappa shape index (κ1) is 12.9. The highest BCUT2D eigenvalue weighted by Crippen LogP contribution is 2.32. The van der Waals surface area contributed by atoms with Crippen LogP contribution < -0.4 is 10.1 Å². The smallest absolute Gasteiger partial charge is 0.120 e. The van der Waals surface area contributed by atoms with Gasteiger partial charge in [-0.25, -0.2) is 0 Å². The molecule has 1 saturated heterocycles. The van der Waals surface area contributed by atoms with Gasteiger partial charge in [0.1, 0.15) is 5.75 Å². The van der Waals surface area contributed by atoms with E-state index in [-0.39, 0.29) is 0 Å². The van der Waals surface area contributed by atoms with Crippen molar-refractivity contribution in [3.8, 4) is 5.75 Å². The van der Waals surface area contributed by atoms with Gasteiger partial charge < -0.3 is 14.8 Å². The summed E-state index contributed by atoms with van der Waals surface area (Å²) in [4.78, 5) is 0. The van der Waals surface area contributed by atoms with Gasteiger partial charge in [0.15, 0.2) is 0 Å². The Morgan fingerprint density at radius 1 is 1.32 bits per heavy atom. The first-order chi connectivity index (χ1) is 9.36. The van der Waals surface area contributed by atoms with E-state index in [1.807, 2.05) is 7.05 Å². The van der Waals surface area contributed by atoms with Crippen LogP contribution in [0.4, 0.5) is 0 Å². The summed E-state index contributed by atoms with van der Waals surface area (Å²) in [5.41, 5.74) is 1.32. The highest BCUT2D eigenvalue weighted by atomic mass is 16.5. The molecule has 104 valence electrons. The van der Waals surface area contributed by atoms with Crippen molar-refractivity contribution in [1.82, 2.24) is 5.32 Å². The zero-order chi connectivity index (χ0) is 13.1. The molecule has 0 spiro atoms. The monoisotopic (exact) mass is 261 g/mol. The highest BCUT2D eigenvalue weighted by Gasteiger charge is 2.26. The van der Waals surface area contributed by atoms with Gasteiger partial charge in [-0.15, -0.1) is 0 Å². The first-order valence-electron chi connectivity index (χ1n) is 7.38. The van der Waals surface area contributed by atoms with Gasteiger partial charge in [-0.3, -0.25) is 0 Å². The molecule has 1 aliphatic heterocycles. The van der Waals surface area contributed by atoms with Gasteiger partial charge in [-0.2, -0.15) is 0 Å². The molecule has 0 amide bonds. The van der Waals surface area contributed by atoms with E-state index in [0.29, 0.717) is 18.1 Å². The van der Waals surface area contributed by atoms with E-state index in [9.17, 15) is 0 Å². The third-order valence-electron chi connectivity index (χ3n) is 4.02. The number of ether oxygens (including phenoxy) is 2. The molecule has 0 radical (unpaired) electrons. The lowest BCUT2D eigenvalue weighted by Gasteiger charge is -2.30. The van der Waals surface area contributed by atoms with Crippen molar-refractivity contribution in [3.05, 3.63) is 29.8 Å². The van der Waals surface area contributed by atoms with Crippen molar-refractivity contribution in [1.29, 1.82) is 0 Å². The molecule has 1 heterocycles. The Morgan fingerprint density at radius 2 is 2.21 bits per heavy atom. The van der Waals surface area contributed by atoms with Crippen LogP contribution in [0, 0.1) is 5.92 Å². The maximum Gasteiger partial charge on any atom is 0.120 e. The fourth-order valence-corrected chi connectivity index (χ4v) is 2.86. The minimum Gasteiger partial charge on any atom is -0.490 e. The van der Waals surface area contributed by atoms with Gasteiger partial charge in [-0.05, 0) is 50.4 Å². The van der Waals surface area contributed by atoms with E-state index in [2.05, 4.69) is 29.6 Å². The quantitative estimate of drug-likeness (QED) is 0.884. The zero-order valence-corrected chi connectivity index (χ0v) is 11.6. The normalized spacial score (nSPS) is 25.0. The van der Waals surface area contributed by atoms with Crippen LogP contribution >= 0.6 is 0 Å². The molecule has 2 unspecified atom stereocenters. The third kappa shape index (κ3) is 3.28. The molecule has 2 atom stereocenters. The van der Waals surface area contributed by atoms with Gasteiger partial charge in [-0.1, -0.05) is 12.1 Å². The van der Waals surface area contributed by atoms with Crippen molar-refractivity contribution in [3.63, 3.8) is 0 Å². The summed E-state index contributed by atoms with van der Waals surface area (Å²) < 4.78 is 11.5. The van der Waals surface area contributed by atoms with E-state index in [4.69, 9.17) is 9.47 Å². The Morgan fingerprint density at radius 3 is 2.89 bits per heavy atom. The van der Waals surface area contributed by atoms with Crippen molar-refractivity contribution in [2.45, 2.75) is 37.8 Å². The molecule has 3 nitrogen and oxygen atoms in total. The molecule has 19 heavy (non-hydrogen) atoms. The van der Waals surface area contributed by atoms with Gasteiger partial charge in [0.2, 0.25) is 0 Å². The summed E-state index contributed by atoms with van der Waals surface area (Å²) in [7, 11) is 2.04. The average molecular weight is 261 g/mol. The summed E-state index contributed by atoms with van der Waals surface area (Å²) in [6, 6.07) is 8.90. The minimum absolute atomic E-state index is 0.364. The maximum atomic E-state index is 5.89.